The summed E-state index contributed by atoms with van der Waals surface area (Å²) in [5, 5.41) is 0. The van der Waals surface area contributed by atoms with Crippen molar-refractivity contribution in [1.29, 1.82) is 0 Å². The zero-order valence-electron chi connectivity index (χ0n) is 30.5. The third-order valence-corrected chi connectivity index (χ3v) is 9.04. The van der Waals surface area contributed by atoms with Crippen LogP contribution in [0.4, 0.5) is 13.2 Å². The number of benzene rings is 2. The SMILES string of the molecule is CC(C)(C)c1cc([C@@H]2COC(c3cc(C(F)(F)F)cc(C4=N[C@H](c5cc(C(C)(C)C)cc(C(C)(C)C)c5)CO4)n3)=N2)cc(C(C)(C)C)c1. The largest absolute Gasteiger partial charge is 0.474 e. The minimum Gasteiger partial charge on any atom is -0.474 e. The van der Waals surface area contributed by atoms with Gasteiger partial charge in [0.15, 0.2) is 0 Å². The molecule has 2 atom stereocenters. The Labute approximate surface area is 284 Å². The second kappa shape index (κ2) is 12.0. The lowest BCUT2D eigenvalue weighted by Gasteiger charge is -2.26. The van der Waals surface area contributed by atoms with Crippen molar-refractivity contribution in [1.82, 2.24) is 4.98 Å². The molecule has 0 amide bonds. The third kappa shape index (κ3) is 7.79. The van der Waals surface area contributed by atoms with Crippen LogP contribution in [0, 0.1) is 0 Å². The molecule has 0 spiro atoms. The van der Waals surface area contributed by atoms with Crippen LogP contribution in [0.2, 0.25) is 0 Å². The highest BCUT2D eigenvalue weighted by molar-refractivity contribution is 5.97. The molecule has 2 aliphatic rings. The maximum absolute atomic E-state index is 14.2. The summed E-state index contributed by atoms with van der Waals surface area (Å²) in [6, 6.07) is 14.2. The Balaban J connectivity index is 1.54. The first-order valence-corrected chi connectivity index (χ1v) is 16.7. The van der Waals surface area contributed by atoms with E-state index in [0.717, 1.165) is 23.3 Å². The summed E-state index contributed by atoms with van der Waals surface area (Å²) in [6.07, 6.45) is -4.62. The maximum Gasteiger partial charge on any atom is 0.416 e. The number of aliphatic imine (C=N–C) groups is 2. The van der Waals surface area contributed by atoms with Gasteiger partial charge in [0.05, 0.1) is 5.56 Å². The van der Waals surface area contributed by atoms with Gasteiger partial charge in [-0.3, -0.25) is 0 Å². The van der Waals surface area contributed by atoms with E-state index in [4.69, 9.17) is 19.5 Å². The number of nitrogens with zero attached hydrogens (tertiary/aromatic N) is 3. The summed E-state index contributed by atoms with van der Waals surface area (Å²) >= 11 is 0. The number of pyridine rings is 1. The molecule has 3 heterocycles. The van der Waals surface area contributed by atoms with Crippen molar-refractivity contribution in [2.75, 3.05) is 13.2 Å². The van der Waals surface area contributed by atoms with Crippen LogP contribution < -0.4 is 0 Å². The van der Waals surface area contributed by atoms with Crippen molar-refractivity contribution in [3.8, 4) is 0 Å². The van der Waals surface area contributed by atoms with Crippen LogP contribution in [-0.2, 0) is 37.3 Å². The highest BCUT2D eigenvalue weighted by Crippen LogP contribution is 2.38. The Morgan fingerprint density at radius 3 is 1.06 bits per heavy atom. The quantitative estimate of drug-likeness (QED) is 0.280. The standard InChI is InChI=1S/C40H50F3N3O2/c1-36(2,3)25-13-23(14-26(17-25)37(4,5)6)32-21-47-34(45-32)30-19-29(40(41,42)43)20-31(44-30)35-46-33(22-48-35)24-15-27(38(7,8)9)18-28(16-24)39(10,11)12/h13-20,32-33H,21-22H2,1-12H3/t32-,33-/m0/s1. The summed E-state index contributed by atoms with van der Waals surface area (Å²) in [5.74, 6) is 0.155. The first kappa shape index (κ1) is 35.6. The van der Waals surface area contributed by atoms with Gasteiger partial charge >= 0.3 is 6.18 Å². The van der Waals surface area contributed by atoms with Crippen molar-refractivity contribution >= 4 is 11.8 Å². The summed E-state index contributed by atoms with van der Waals surface area (Å²) in [6.45, 7) is 26.4. The Morgan fingerprint density at radius 2 is 0.792 bits per heavy atom. The summed E-state index contributed by atoms with van der Waals surface area (Å²) in [4.78, 5) is 14.1. The molecule has 48 heavy (non-hydrogen) atoms. The molecule has 8 heteroatoms. The zero-order valence-corrected chi connectivity index (χ0v) is 30.5. The van der Waals surface area contributed by atoms with Crippen molar-refractivity contribution < 1.29 is 22.6 Å². The molecule has 0 fully saturated rings. The molecule has 0 unspecified atom stereocenters. The summed E-state index contributed by atoms with van der Waals surface area (Å²) in [5.41, 5.74) is 5.37. The van der Waals surface area contributed by atoms with Gasteiger partial charge in [-0.2, -0.15) is 13.2 Å². The van der Waals surface area contributed by atoms with E-state index in [1.54, 1.807) is 0 Å². The van der Waals surface area contributed by atoms with Gasteiger partial charge in [0.25, 0.3) is 0 Å². The highest BCUT2D eigenvalue weighted by Gasteiger charge is 2.36. The minimum atomic E-state index is -4.62. The average Bonchev–Trinajstić information content (AvgIpc) is 3.65. The molecule has 5 rings (SSSR count). The zero-order chi connectivity index (χ0) is 35.6. The van der Waals surface area contributed by atoms with E-state index < -0.39 is 11.7 Å². The predicted octanol–water partition coefficient (Wildman–Crippen LogP) is 10.3. The van der Waals surface area contributed by atoms with E-state index >= 15 is 0 Å². The molecule has 1 aromatic heterocycles. The molecule has 2 aromatic carbocycles. The normalized spacial score (nSPS) is 19.1. The van der Waals surface area contributed by atoms with E-state index in [0.29, 0.717) is 0 Å². The van der Waals surface area contributed by atoms with Crippen LogP contribution in [0.1, 0.15) is 146 Å². The first-order valence-electron chi connectivity index (χ1n) is 16.7. The topological polar surface area (TPSA) is 56.1 Å². The van der Waals surface area contributed by atoms with Gasteiger partial charge in [-0.15, -0.1) is 0 Å². The molecule has 0 bridgehead atoms. The van der Waals surface area contributed by atoms with Crippen LogP contribution >= 0.6 is 0 Å². The molecule has 0 aliphatic carbocycles. The molecule has 3 aromatic rings. The van der Waals surface area contributed by atoms with Crippen LogP contribution in [0.25, 0.3) is 0 Å². The van der Waals surface area contributed by atoms with Crippen molar-refractivity contribution in [2.45, 2.75) is 123 Å². The maximum atomic E-state index is 14.2. The molecule has 5 nitrogen and oxygen atoms in total. The van der Waals surface area contributed by atoms with Gasteiger partial charge in [-0.1, -0.05) is 119 Å². The summed E-state index contributed by atoms with van der Waals surface area (Å²) in [7, 11) is 0. The lowest BCUT2D eigenvalue weighted by atomic mass is 9.79. The van der Waals surface area contributed by atoms with Gasteiger partial charge < -0.3 is 9.47 Å². The van der Waals surface area contributed by atoms with Crippen LogP contribution in [0.5, 0.6) is 0 Å². The number of alkyl halides is 3. The lowest BCUT2D eigenvalue weighted by molar-refractivity contribution is -0.137. The fourth-order valence-corrected chi connectivity index (χ4v) is 5.70. The van der Waals surface area contributed by atoms with E-state index in [1.165, 1.54) is 22.3 Å². The first-order chi connectivity index (χ1) is 21.9. The molecule has 0 saturated heterocycles. The monoisotopic (exact) mass is 661 g/mol. The lowest BCUT2D eigenvalue weighted by Crippen LogP contribution is -2.17. The van der Waals surface area contributed by atoms with Crippen LogP contribution in [0.3, 0.4) is 0 Å². The van der Waals surface area contributed by atoms with Crippen molar-refractivity contribution in [2.24, 2.45) is 9.98 Å². The van der Waals surface area contributed by atoms with Gasteiger partial charge in [-0.25, -0.2) is 15.0 Å². The fraction of sp³-hybridized carbons (Fsp3) is 0.525. The van der Waals surface area contributed by atoms with Crippen molar-refractivity contribution in [3.63, 3.8) is 0 Å². The van der Waals surface area contributed by atoms with Gasteiger partial charge in [-0.05, 0) is 67.2 Å². The Hall–Kier alpha value is -3.68. The van der Waals surface area contributed by atoms with Crippen LogP contribution in [-0.4, -0.2) is 30.0 Å². The molecular formula is C40H50F3N3O2. The van der Waals surface area contributed by atoms with Crippen molar-refractivity contribution in [3.05, 3.63) is 98.9 Å². The minimum absolute atomic E-state index is 0.00449. The molecule has 0 radical (unpaired) electrons. The molecule has 0 N–H and O–H groups in total. The Bertz CT molecular complexity index is 1580. The Morgan fingerprint density at radius 1 is 0.479 bits per heavy atom. The number of hydrogen-bond donors (Lipinski definition) is 0. The highest BCUT2D eigenvalue weighted by atomic mass is 19.4. The smallest absolute Gasteiger partial charge is 0.416 e. The molecular weight excluding hydrogens is 611 g/mol. The average molecular weight is 662 g/mol. The Kier molecular flexibility index (Phi) is 8.93. The van der Waals surface area contributed by atoms with Crippen LogP contribution in [0.15, 0.2) is 58.5 Å². The molecule has 0 saturated carbocycles. The second-order valence-electron chi connectivity index (χ2n) is 17.3. The fourth-order valence-electron chi connectivity index (χ4n) is 5.70. The van der Waals surface area contributed by atoms with Gasteiger partial charge in [0, 0.05) is 0 Å². The summed E-state index contributed by atoms with van der Waals surface area (Å²) < 4.78 is 54.6. The van der Waals surface area contributed by atoms with E-state index in [1.807, 2.05) is 0 Å². The van der Waals surface area contributed by atoms with Gasteiger partial charge in [0.2, 0.25) is 11.8 Å². The number of rotatable bonds is 4. The molecule has 2 aliphatic heterocycles. The predicted molar refractivity (Wildman–Crippen MR) is 187 cm³/mol. The number of ether oxygens (including phenoxy) is 2. The van der Waals surface area contributed by atoms with E-state index in [2.05, 4.69) is 124 Å². The second-order valence-corrected chi connectivity index (χ2v) is 17.3. The number of hydrogen-bond acceptors (Lipinski definition) is 5. The molecule has 258 valence electrons. The third-order valence-electron chi connectivity index (χ3n) is 9.04. The van der Waals surface area contributed by atoms with E-state index in [9.17, 15) is 13.2 Å². The number of halogens is 3. The van der Waals surface area contributed by atoms with E-state index in [-0.39, 0.29) is 70.1 Å². The number of aromatic nitrogens is 1. The van der Waals surface area contributed by atoms with Gasteiger partial charge in [0.1, 0.15) is 36.7 Å².